The largest absolute Gasteiger partial charge is 0.496 e. The lowest BCUT2D eigenvalue weighted by Gasteiger charge is -2.17. The van der Waals surface area contributed by atoms with Gasteiger partial charge >= 0.3 is 0 Å². The molecule has 0 fully saturated rings. The van der Waals surface area contributed by atoms with E-state index in [1.807, 2.05) is 6.92 Å². The Kier molecular flexibility index (Phi) is 5.18. The lowest BCUT2D eigenvalue weighted by molar-refractivity contribution is 0.405. The first-order chi connectivity index (χ1) is 8.51. The van der Waals surface area contributed by atoms with Crippen molar-refractivity contribution in [3.63, 3.8) is 0 Å². The highest BCUT2D eigenvalue weighted by molar-refractivity contribution is 5.49. The molecule has 0 radical (unpaired) electrons. The molecule has 1 aromatic carbocycles. The molecular weight excluding hydrogens is 224 g/mol. The lowest BCUT2D eigenvalue weighted by Crippen LogP contribution is -2.26. The van der Waals surface area contributed by atoms with E-state index in [4.69, 9.17) is 10.00 Å². The second-order valence-corrected chi connectivity index (χ2v) is 4.70. The van der Waals surface area contributed by atoms with Gasteiger partial charge in [-0.3, -0.25) is 0 Å². The molecule has 0 aliphatic rings. The van der Waals surface area contributed by atoms with E-state index in [0.29, 0.717) is 0 Å². The van der Waals surface area contributed by atoms with Gasteiger partial charge in [0.1, 0.15) is 5.75 Å². The Bertz CT molecular complexity index is 461. The highest BCUT2D eigenvalue weighted by atomic mass is 16.5. The molecule has 1 rings (SSSR count). The van der Waals surface area contributed by atoms with E-state index in [1.54, 1.807) is 7.11 Å². The molecule has 0 bridgehead atoms. The van der Waals surface area contributed by atoms with Crippen LogP contribution >= 0.6 is 0 Å². The number of methoxy groups -OCH3 is 1. The van der Waals surface area contributed by atoms with Crippen molar-refractivity contribution in [3.05, 3.63) is 28.3 Å². The van der Waals surface area contributed by atoms with Crippen LogP contribution < -0.4 is 10.1 Å². The van der Waals surface area contributed by atoms with Crippen LogP contribution in [0.4, 0.5) is 0 Å². The summed E-state index contributed by atoms with van der Waals surface area (Å²) in [7, 11) is 1.72. The van der Waals surface area contributed by atoms with Gasteiger partial charge in [-0.05, 0) is 56.4 Å². The Morgan fingerprint density at radius 2 is 2.00 bits per heavy atom. The van der Waals surface area contributed by atoms with Gasteiger partial charge in [0.15, 0.2) is 0 Å². The van der Waals surface area contributed by atoms with E-state index in [1.165, 1.54) is 22.3 Å². The maximum absolute atomic E-state index is 8.73. The number of nitrogens with zero attached hydrogens (tertiary/aromatic N) is 1. The molecule has 3 heteroatoms. The Labute approximate surface area is 110 Å². The van der Waals surface area contributed by atoms with Crippen molar-refractivity contribution in [2.75, 3.05) is 13.7 Å². The van der Waals surface area contributed by atoms with Crippen LogP contribution in [0, 0.1) is 32.1 Å². The normalized spacial score (nSPS) is 12.0. The average molecular weight is 246 g/mol. The second kappa shape index (κ2) is 6.42. The van der Waals surface area contributed by atoms with Crippen LogP contribution in [0.3, 0.4) is 0 Å². The maximum atomic E-state index is 8.73. The average Bonchev–Trinajstić information content (AvgIpc) is 2.35. The molecule has 0 amide bonds. The predicted octanol–water partition coefficient (Wildman–Crippen LogP) is 2.66. The number of ether oxygens (including phenoxy) is 1. The van der Waals surface area contributed by atoms with Crippen LogP contribution in [0.1, 0.15) is 29.2 Å². The molecule has 0 aromatic heterocycles. The van der Waals surface area contributed by atoms with Crippen molar-refractivity contribution in [1.82, 2.24) is 5.32 Å². The van der Waals surface area contributed by atoms with E-state index in [0.717, 1.165) is 18.7 Å². The van der Waals surface area contributed by atoms with E-state index in [2.05, 4.69) is 38.2 Å². The number of aryl methyl sites for hydroxylation is 2. The number of hydrogen-bond acceptors (Lipinski definition) is 3. The molecule has 0 saturated heterocycles. The fourth-order valence-electron chi connectivity index (χ4n) is 2.15. The molecular formula is C15H22N2O. The SMILES string of the molecule is COc1c(C)c(C)cc(C)c1CCNC(C)C#N. The second-order valence-electron chi connectivity index (χ2n) is 4.70. The highest BCUT2D eigenvalue weighted by Gasteiger charge is 2.12. The third-order valence-electron chi connectivity index (χ3n) is 3.34. The quantitative estimate of drug-likeness (QED) is 0.868. The maximum Gasteiger partial charge on any atom is 0.125 e. The molecule has 0 aliphatic heterocycles. The van der Waals surface area contributed by atoms with Crippen molar-refractivity contribution in [1.29, 1.82) is 5.26 Å². The summed E-state index contributed by atoms with van der Waals surface area (Å²) in [5.41, 5.74) is 4.94. The van der Waals surface area contributed by atoms with Crippen molar-refractivity contribution >= 4 is 0 Å². The summed E-state index contributed by atoms with van der Waals surface area (Å²) in [4.78, 5) is 0. The van der Waals surface area contributed by atoms with E-state index in [9.17, 15) is 0 Å². The van der Waals surface area contributed by atoms with Gasteiger partial charge < -0.3 is 10.1 Å². The fraction of sp³-hybridized carbons (Fsp3) is 0.533. The zero-order chi connectivity index (χ0) is 13.7. The predicted molar refractivity (Wildman–Crippen MR) is 74.0 cm³/mol. The molecule has 0 heterocycles. The standard InChI is InChI=1S/C15H22N2O/c1-10-8-11(2)14(15(18-5)13(10)4)6-7-17-12(3)9-16/h8,12,17H,6-7H2,1-5H3. The number of benzene rings is 1. The molecule has 0 aliphatic carbocycles. The molecule has 0 spiro atoms. The fourth-order valence-corrected chi connectivity index (χ4v) is 2.15. The number of nitriles is 1. The molecule has 1 N–H and O–H groups in total. The summed E-state index contributed by atoms with van der Waals surface area (Å²) in [5, 5.41) is 11.9. The van der Waals surface area contributed by atoms with Gasteiger partial charge in [-0.2, -0.15) is 5.26 Å². The minimum atomic E-state index is -0.108. The van der Waals surface area contributed by atoms with Crippen molar-refractivity contribution in [2.24, 2.45) is 0 Å². The third-order valence-corrected chi connectivity index (χ3v) is 3.34. The van der Waals surface area contributed by atoms with Crippen molar-refractivity contribution in [3.8, 4) is 11.8 Å². The van der Waals surface area contributed by atoms with Gasteiger partial charge in [-0.25, -0.2) is 0 Å². The molecule has 18 heavy (non-hydrogen) atoms. The van der Waals surface area contributed by atoms with Crippen LogP contribution in [0.25, 0.3) is 0 Å². The van der Waals surface area contributed by atoms with Gasteiger partial charge in [-0.15, -0.1) is 0 Å². The van der Waals surface area contributed by atoms with Crippen molar-refractivity contribution < 1.29 is 4.74 Å². The Balaban J connectivity index is 2.88. The highest BCUT2D eigenvalue weighted by Crippen LogP contribution is 2.29. The Morgan fingerprint density at radius 3 is 2.56 bits per heavy atom. The molecule has 98 valence electrons. The smallest absolute Gasteiger partial charge is 0.125 e. The van der Waals surface area contributed by atoms with E-state index in [-0.39, 0.29) is 6.04 Å². The first-order valence-corrected chi connectivity index (χ1v) is 6.28. The first kappa shape index (κ1) is 14.5. The first-order valence-electron chi connectivity index (χ1n) is 6.28. The number of rotatable bonds is 5. The van der Waals surface area contributed by atoms with Crippen LogP contribution in [0.2, 0.25) is 0 Å². The summed E-state index contributed by atoms with van der Waals surface area (Å²) in [6.45, 7) is 8.95. The summed E-state index contributed by atoms with van der Waals surface area (Å²) >= 11 is 0. The van der Waals surface area contributed by atoms with Gasteiger partial charge in [0.05, 0.1) is 19.2 Å². The van der Waals surface area contributed by atoms with E-state index >= 15 is 0 Å². The topological polar surface area (TPSA) is 45.0 Å². The third kappa shape index (κ3) is 3.24. The summed E-state index contributed by atoms with van der Waals surface area (Å²) in [5.74, 6) is 0.985. The van der Waals surface area contributed by atoms with Gasteiger partial charge in [0.25, 0.3) is 0 Å². The summed E-state index contributed by atoms with van der Waals surface area (Å²) in [6, 6.07) is 4.26. The summed E-state index contributed by atoms with van der Waals surface area (Å²) < 4.78 is 5.53. The molecule has 3 nitrogen and oxygen atoms in total. The molecule has 0 saturated carbocycles. The summed E-state index contributed by atoms with van der Waals surface area (Å²) in [6.07, 6.45) is 0.877. The Hall–Kier alpha value is -1.53. The number of nitrogens with one attached hydrogen (secondary N) is 1. The van der Waals surface area contributed by atoms with Crippen molar-refractivity contribution in [2.45, 2.75) is 40.2 Å². The zero-order valence-corrected chi connectivity index (χ0v) is 11.9. The van der Waals surface area contributed by atoms with Crippen LogP contribution in [-0.4, -0.2) is 19.7 Å². The van der Waals surface area contributed by atoms with Crippen LogP contribution in [0.15, 0.2) is 6.07 Å². The molecule has 1 atom stereocenters. The monoisotopic (exact) mass is 246 g/mol. The Morgan fingerprint density at radius 1 is 1.33 bits per heavy atom. The van der Waals surface area contributed by atoms with E-state index < -0.39 is 0 Å². The van der Waals surface area contributed by atoms with Crippen LogP contribution in [0.5, 0.6) is 5.75 Å². The van der Waals surface area contributed by atoms with Gasteiger partial charge in [-0.1, -0.05) is 6.07 Å². The molecule has 1 aromatic rings. The van der Waals surface area contributed by atoms with Gasteiger partial charge in [0.2, 0.25) is 0 Å². The minimum absolute atomic E-state index is 0.108. The lowest BCUT2D eigenvalue weighted by atomic mass is 9.97. The minimum Gasteiger partial charge on any atom is -0.496 e. The molecule has 1 unspecified atom stereocenters. The van der Waals surface area contributed by atoms with Crippen LogP contribution in [-0.2, 0) is 6.42 Å². The van der Waals surface area contributed by atoms with Gasteiger partial charge in [0, 0.05) is 6.54 Å². The number of hydrogen-bond donors (Lipinski definition) is 1. The zero-order valence-electron chi connectivity index (χ0n) is 11.9.